The van der Waals surface area contributed by atoms with E-state index in [1.165, 1.54) is 6.07 Å². The van der Waals surface area contributed by atoms with Crippen molar-refractivity contribution in [3.8, 4) is 5.75 Å². The molecule has 4 nitrogen and oxygen atoms in total. The van der Waals surface area contributed by atoms with Crippen molar-refractivity contribution < 1.29 is 14.2 Å². The normalized spacial score (nSPS) is 21.1. The van der Waals surface area contributed by atoms with Gasteiger partial charge < -0.3 is 15.2 Å². The molecule has 2 aromatic rings. The van der Waals surface area contributed by atoms with Crippen LogP contribution in [-0.4, -0.2) is 23.4 Å². The number of rotatable bonds is 4. The van der Waals surface area contributed by atoms with Gasteiger partial charge in [0.2, 0.25) is 0 Å². The molecule has 0 aromatic heterocycles. The van der Waals surface area contributed by atoms with Gasteiger partial charge in [0.15, 0.2) is 5.69 Å². The van der Waals surface area contributed by atoms with Gasteiger partial charge in [-0.05, 0) is 50.6 Å². The fourth-order valence-electron chi connectivity index (χ4n) is 3.14. The number of hydrogen-bond acceptors (Lipinski definition) is 3. The average Bonchev–Trinajstić information content (AvgIpc) is 2.59. The molecule has 0 aliphatic carbocycles. The molecule has 0 saturated heterocycles. The van der Waals surface area contributed by atoms with Crippen LogP contribution in [0.3, 0.4) is 0 Å². The third-order valence-corrected chi connectivity index (χ3v) is 4.57. The quantitative estimate of drug-likeness (QED) is 0.833. The van der Waals surface area contributed by atoms with Crippen molar-refractivity contribution in [3.63, 3.8) is 0 Å². The van der Waals surface area contributed by atoms with Gasteiger partial charge >= 0.3 is 0 Å². The van der Waals surface area contributed by atoms with Crippen LogP contribution >= 0.6 is 0 Å². The molecule has 1 aliphatic heterocycles. The second kappa shape index (κ2) is 6.83. The highest BCUT2D eigenvalue weighted by atomic mass is 19.1. The summed E-state index contributed by atoms with van der Waals surface area (Å²) in [6.07, 6.45) is -0.281. The summed E-state index contributed by atoms with van der Waals surface area (Å²) >= 11 is 0. The molecule has 1 aliphatic rings. The van der Waals surface area contributed by atoms with Crippen LogP contribution < -0.4 is 10.1 Å². The van der Waals surface area contributed by atoms with Crippen molar-refractivity contribution in [2.24, 2.45) is 0 Å². The number of nitrogens with one attached hydrogen (secondary N) is 1. The number of halogens is 1. The lowest BCUT2D eigenvalue weighted by Crippen LogP contribution is -2.52. The van der Waals surface area contributed by atoms with E-state index < -0.39 is 11.7 Å². The van der Waals surface area contributed by atoms with Crippen LogP contribution in [0.2, 0.25) is 0 Å². The fourth-order valence-corrected chi connectivity index (χ4v) is 3.14. The van der Waals surface area contributed by atoms with Crippen LogP contribution in [0.15, 0.2) is 42.5 Å². The minimum Gasteiger partial charge on any atom is -0.485 e. The van der Waals surface area contributed by atoms with Crippen LogP contribution in [0.25, 0.3) is 4.85 Å². The van der Waals surface area contributed by atoms with Crippen molar-refractivity contribution in [1.82, 2.24) is 5.32 Å². The standard InChI is InChI=1S/C20H21FN2O2/c1-20(2)19(24)18(15-12-14(22-3)8-9-17(15)25-20)23-11-10-13-6-4-5-7-16(13)21/h4-9,12,18-19,23-24H,10-11H2,1-2H3. The molecule has 25 heavy (non-hydrogen) atoms. The third kappa shape index (κ3) is 3.51. The highest BCUT2D eigenvalue weighted by molar-refractivity contribution is 5.54. The first kappa shape index (κ1) is 17.4. The highest BCUT2D eigenvalue weighted by Gasteiger charge is 2.42. The maximum atomic E-state index is 13.8. The minimum absolute atomic E-state index is 0.229. The number of fused-ring (bicyclic) bond motifs is 1. The summed E-state index contributed by atoms with van der Waals surface area (Å²) in [7, 11) is 0. The number of hydrogen-bond donors (Lipinski definition) is 2. The topological polar surface area (TPSA) is 45.9 Å². The third-order valence-electron chi connectivity index (χ3n) is 4.57. The molecule has 1 heterocycles. The molecule has 5 heteroatoms. The molecule has 2 aromatic carbocycles. The molecule has 0 saturated carbocycles. The van der Waals surface area contributed by atoms with Crippen LogP contribution in [0, 0.1) is 12.4 Å². The summed E-state index contributed by atoms with van der Waals surface area (Å²) in [4.78, 5) is 3.45. The zero-order chi connectivity index (χ0) is 18.0. The van der Waals surface area contributed by atoms with Gasteiger partial charge in [-0.25, -0.2) is 9.24 Å². The Balaban J connectivity index is 1.82. The van der Waals surface area contributed by atoms with Gasteiger partial charge in [-0.3, -0.25) is 0 Å². The molecule has 2 atom stereocenters. The average molecular weight is 340 g/mol. The number of ether oxygens (including phenoxy) is 1. The second-order valence-corrected chi connectivity index (χ2v) is 6.76. The highest BCUT2D eigenvalue weighted by Crippen LogP contribution is 2.41. The molecule has 0 amide bonds. The zero-order valence-electron chi connectivity index (χ0n) is 14.3. The van der Waals surface area contributed by atoms with Gasteiger partial charge in [-0.15, -0.1) is 0 Å². The molecule has 2 unspecified atom stereocenters. The number of nitrogens with zero attached hydrogens (tertiary/aromatic N) is 1. The first-order valence-corrected chi connectivity index (χ1v) is 8.27. The molecule has 0 spiro atoms. The van der Waals surface area contributed by atoms with Crippen molar-refractivity contribution in [1.29, 1.82) is 0 Å². The smallest absolute Gasteiger partial charge is 0.187 e. The first-order chi connectivity index (χ1) is 11.9. The largest absolute Gasteiger partial charge is 0.485 e. The summed E-state index contributed by atoms with van der Waals surface area (Å²) in [5.74, 6) is 0.430. The van der Waals surface area contributed by atoms with E-state index in [2.05, 4.69) is 10.2 Å². The van der Waals surface area contributed by atoms with Crippen LogP contribution in [0.4, 0.5) is 10.1 Å². The van der Waals surface area contributed by atoms with E-state index in [-0.39, 0.29) is 11.9 Å². The summed E-state index contributed by atoms with van der Waals surface area (Å²) in [6.45, 7) is 11.3. The Labute approximate surface area is 147 Å². The molecule has 0 bridgehead atoms. The van der Waals surface area contributed by atoms with Gasteiger partial charge in [0.05, 0.1) is 12.6 Å². The van der Waals surface area contributed by atoms with Crippen molar-refractivity contribution in [2.75, 3.05) is 6.54 Å². The zero-order valence-corrected chi connectivity index (χ0v) is 14.3. The molecule has 2 N–H and O–H groups in total. The Bertz CT molecular complexity index is 814. The summed E-state index contributed by atoms with van der Waals surface area (Å²) < 4.78 is 19.7. The Morgan fingerprint density at radius 1 is 1.28 bits per heavy atom. The maximum Gasteiger partial charge on any atom is 0.187 e. The van der Waals surface area contributed by atoms with E-state index in [0.717, 1.165) is 5.56 Å². The monoisotopic (exact) mass is 340 g/mol. The lowest BCUT2D eigenvalue weighted by Gasteiger charge is -2.42. The first-order valence-electron chi connectivity index (χ1n) is 8.27. The van der Waals surface area contributed by atoms with Crippen LogP contribution in [-0.2, 0) is 6.42 Å². The van der Waals surface area contributed by atoms with Crippen LogP contribution in [0.5, 0.6) is 5.75 Å². The van der Waals surface area contributed by atoms with Crippen molar-refractivity contribution >= 4 is 5.69 Å². The number of aliphatic hydroxyl groups excluding tert-OH is 1. The van der Waals surface area contributed by atoms with E-state index in [1.807, 2.05) is 19.9 Å². The van der Waals surface area contributed by atoms with E-state index in [9.17, 15) is 9.50 Å². The Hall–Kier alpha value is -2.42. The molecule has 3 rings (SSSR count). The predicted octanol–water partition coefficient (Wildman–Crippen LogP) is 3.78. The number of benzene rings is 2. The number of aliphatic hydroxyl groups is 1. The maximum absolute atomic E-state index is 13.8. The van der Waals surface area contributed by atoms with Gasteiger partial charge in [-0.1, -0.05) is 24.3 Å². The van der Waals surface area contributed by atoms with Crippen molar-refractivity contribution in [3.05, 3.63) is 70.8 Å². The minimum atomic E-state index is -0.790. The predicted molar refractivity (Wildman–Crippen MR) is 94.3 cm³/mol. The van der Waals surface area contributed by atoms with E-state index >= 15 is 0 Å². The van der Waals surface area contributed by atoms with Crippen LogP contribution in [0.1, 0.15) is 31.0 Å². The lowest BCUT2D eigenvalue weighted by atomic mass is 9.86. The summed E-state index contributed by atoms with van der Waals surface area (Å²) in [5.41, 5.74) is 1.12. The molecular weight excluding hydrogens is 319 g/mol. The van der Waals surface area contributed by atoms with Crippen molar-refractivity contribution in [2.45, 2.75) is 38.0 Å². The Morgan fingerprint density at radius 3 is 2.76 bits per heavy atom. The van der Waals surface area contributed by atoms with Gasteiger partial charge in [0.1, 0.15) is 23.3 Å². The van der Waals surface area contributed by atoms with E-state index in [4.69, 9.17) is 11.3 Å². The summed E-state index contributed by atoms with van der Waals surface area (Å²) in [6, 6.07) is 11.5. The molecular formula is C20H21FN2O2. The van der Waals surface area contributed by atoms with E-state index in [1.54, 1.807) is 30.3 Å². The molecule has 0 fully saturated rings. The van der Waals surface area contributed by atoms with E-state index in [0.29, 0.717) is 30.0 Å². The Morgan fingerprint density at radius 2 is 2.04 bits per heavy atom. The van der Waals surface area contributed by atoms with Gasteiger partial charge in [-0.2, -0.15) is 0 Å². The SMILES string of the molecule is [C-]#[N+]c1ccc2c(c1)C(NCCc1ccccc1F)C(O)C(C)(C)O2. The van der Waals surface area contributed by atoms with Gasteiger partial charge in [0, 0.05) is 5.56 Å². The molecule has 130 valence electrons. The second-order valence-electron chi connectivity index (χ2n) is 6.76. The fraction of sp³-hybridized carbons (Fsp3) is 0.350. The van der Waals surface area contributed by atoms with Gasteiger partial charge in [0.25, 0.3) is 0 Å². The lowest BCUT2D eigenvalue weighted by molar-refractivity contribution is -0.0643. The summed E-state index contributed by atoms with van der Waals surface area (Å²) in [5, 5.41) is 14.0. The molecule has 0 radical (unpaired) electrons. The Kier molecular flexibility index (Phi) is 4.76.